The van der Waals surface area contributed by atoms with Crippen molar-refractivity contribution in [1.29, 1.82) is 0 Å². The summed E-state index contributed by atoms with van der Waals surface area (Å²) < 4.78 is 0. The molecule has 2 aromatic carbocycles. The molecular formula is C13H9ClN2O3. The molecule has 2 N–H and O–H groups in total. The lowest BCUT2D eigenvalue weighted by atomic mass is 10.2. The van der Waals surface area contributed by atoms with E-state index in [9.17, 15) is 9.90 Å². The minimum absolute atomic E-state index is 0.0507. The topological polar surface area (TPSA) is 82.2 Å². The summed E-state index contributed by atoms with van der Waals surface area (Å²) in [7, 11) is 0. The first-order chi connectivity index (χ1) is 9.06. The number of benzene rings is 2. The van der Waals surface area contributed by atoms with Gasteiger partial charge in [-0.2, -0.15) is 5.11 Å². The number of halogens is 1. The van der Waals surface area contributed by atoms with Gasteiger partial charge in [0, 0.05) is 6.07 Å². The normalized spacial score (nSPS) is 10.8. The minimum Gasteiger partial charge on any atom is -0.508 e. The van der Waals surface area contributed by atoms with Gasteiger partial charge in [0.15, 0.2) is 0 Å². The van der Waals surface area contributed by atoms with Crippen LogP contribution in [0.2, 0.25) is 5.02 Å². The van der Waals surface area contributed by atoms with Gasteiger partial charge in [0.1, 0.15) is 11.4 Å². The number of aromatic carboxylic acids is 1. The number of aromatic hydroxyl groups is 1. The van der Waals surface area contributed by atoms with Crippen LogP contribution in [0.3, 0.4) is 0 Å². The summed E-state index contributed by atoms with van der Waals surface area (Å²) in [5, 5.41) is 26.1. The van der Waals surface area contributed by atoms with Gasteiger partial charge in [0.2, 0.25) is 0 Å². The highest BCUT2D eigenvalue weighted by atomic mass is 35.5. The Balaban J connectivity index is 2.20. The van der Waals surface area contributed by atoms with Crippen molar-refractivity contribution in [1.82, 2.24) is 0 Å². The Bertz CT molecular complexity index is 639. The van der Waals surface area contributed by atoms with Crippen LogP contribution in [0.4, 0.5) is 11.4 Å². The molecule has 0 aliphatic heterocycles. The van der Waals surface area contributed by atoms with Crippen LogP contribution in [-0.2, 0) is 0 Å². The first-order valence-corrected chi connectivity index (χ1v) is 5.67. The largest absolute Gasteiger partial charge is 0.508 e. The second kappa shape index (κ2) is 5.49. The van der Waals surface area contributed by atoms with Crippen molar-refractivity contribution in [3.05, 3.63) is 53.1 Å². The van der Waals surface area contributed by atoms with Crippen molar-refractivity contribution in [3.63, 3.8) is 0 Å². The Morgan fingerprint density at radius 3 is 2.32 bits per heavy atom. The molecule has 0 unspecified atom stereocenters. The first-order valence-electron chi connectivity index (χ1n) is 5.30. The number of carboxylic acid groups (broad SMARTS) is 1. The van der Waals surface area contributed by atoms with Gasteiger partial charge in [0.05, 0.1) is 16.3 Å². The van der Waals surface area contributed by atoms with E-state index >= 15 is 0 Å². The second-order valence-electron chi connectivity index (χ2n) is 3.69. The van der Waals surface area contributed by atoms with E-state index < -0.39 is 5.97 Å². The molecule has 0 aliphatic carbocycles. The Labute approximate surface area is 113 Å². The molecular weight excluding hydrogens is 268 g/mol. The number of azo groups is 1. The van der Waals surface area contributed by atoms with E-state index in [1.54, 1.807) is 12.1 Å². The van der Waals surface area contributed by atoms with Gasteiger partial charge < -0.3 is 10.2 Å². The van der Waals surface area contributed by atoms with E-state index in [-0.39, 0.29) is 16.3 Å². The van der Waals surface area contributed by atoms with Crippen LogP contribution >= 0.6 is 11.6 Å². The number of rotatable bonds is 3. The molecule has 0 atom stereocenters. The van der Waals surface area contributed by atoms with Crippen LogP contribution < -0.4 is 0 Å². The predicted octanol–water partition coefficient (Wildman–Crippen LogP) is 4.16. The third kappa shape index (κ3) is 3.29. The molecule has 96 valence electrons. The highest BCUT2D eigenvalue weighted by Gasteiger charge is 2.02. The van der Waals surface area contributed by atoms with E-state index in [0.717, 1.165) is 0 Å². The average Bonchev–Trinajstić information content (AvgIpc) is 2.38. The van der Waals surface area contributed by atoms with Crippen molar-refractivity contribution in [2.75, 3.05) is 0 Å². The zero-order valence-electron chi connectivity index (χ0n) is 9.62. The summed E-state index contributed by atoms with van der Waals surface area (Å²) in [4.78, 5) is 10.7. The highest BCUT2D eigenvalue weighted by Crippen LogP contribution is 2.29. The number of phenolic OH excluding ortho intramolecular Hbond substituents is 1. The molecule has 0 radical (unpaired) electrons. The summed E-state index contributed by atoms with van der Waals surface area (Å²) in [5.74, 6) is -0.945. The number of carbonyl (C=O) groups is 1. The summed E-state index contributed by atoms with van der Waals surface area (Å²) in [5.41, 5.74) is 1.11. The summed E-state index contributed by atoms with van der Waals surface area (Å²) in [6.45, 7) is 0. The SMILES string of the molecule is O=C(O)c1ccc(N=Nc2ccc(O)cc2Cl)cc1. The van der Waals surface area contributed by atoms with Crippen molar-refractivity contribution >= 4 is 28.9 Å². The standard InChI is InChI=1S/C13H9ClN2O3/c14-11-7-10(17)5-6-12(11)16-15-9-3-1-8(2-4-9)13(18)19/h1-7,17H,(H,18,19). The van der Waals surface area contributed by atoms with Gasteiger partial charge in [-0.25, -0.2) is 4.79 Å². The van der Waals surface area contributed by atoms with Crippen molar-refractivity contribution in [3.8, 4) is 5.75 Å². The molecule has 0 heterocycles. The van der Waals surface area contributed by atoms with Gasteiger partial charge in [-0.3, -0.25) is 0 Å². The van der Waals surface area contributed by atoms with Crippen molar-refractivity contribution in [2.24, 2.45) is 10.2 Å². The molecule has 0 saturated carbocycles. The van der Waals surface area contributed by atoms with Crippen LogP contribution in [0.1, 0.15) is 10.4 Å². The molecule has 0 spiro atoms. The summed E-state index contributed by atoms with van der Waals surface area (Å²) in [6, 6.07) is 10.3. The fourth-order valence-electron chi connectivity index (χ4n) is 1.36. The fourth-order valence-corrected chi connectivity index (χ4v) is 1.57. The zero-order valence-corrected chi connectivity index (χ0v) is 10.4. The van der Waals surface area contributed by atoms with Crippen LogP contribution in [0.15, 0.2) is 52.7 Å². The number of hydrogen-bond donors (Lipinski definition) is 2. The molecule has 0 bridgehead atoms. The zero-order chi connectivity index (χ0) is 13.8. The quantitative estimate of drug-likeness (QED) is 0.826. The van der Waals surface area contributed by atoms with E-state index in [2.05, 4.69) is 10.2 Å². The number of hydrogen-bond acceptors (Lipinski definition) is 4. The van der Waals surface area contributed by atoms with Gasteiger partial charge in [0.25, 0.3) is 0 Å². The summed E-state index contributed by atoms with van der Waals surface area (Å²) in [6.07, 6.45) is 0. The smallest absolute Gasteiger partial charge is 0.335 e. The third-order valence-electron chi connectivity index (χ3n) is 2.32. The number of carboxylic acids is 1. The average molecular weight is 277 g/mol. The molecule has 19 heavy (non-hydrogen) atoms. The van der Waals surface area contributed by atoms with Crippen LogP contribution in [0.25, 0.3) is 0 Å². The maximum absolute atomic E-state index is 10.7. The molecule has 0 amide bonds. The van der Waals surface area contributed by atoms with Gasteiger partial charge in [-0.05, 0) is 36.4 Å². The Hall–Kier alpha value is -2.40. The number of phenols is 1. The van der Waals surface area contributed by atoms with Gasteiger partial charge in [-0.1, -0.05) is 11.6 Å². The molecule has 2 rings (SSSR count). The van der Waals surface area contributed by atoms with E-state index in [0.29, 0.717) is 11.4 Å². The van der Waals surface area contributed by atoms with Crippen LogP contribution in [-0.4, -0.2) is 16.2 Å². The van der Waals surface area contributed by atoms with E-state index in [1.807, 2.05) is 0 Å². The lowest BCUT2D eigenvalue weighted by Crippen LogP contribution is -1.93. The molecule has 0 saturated heterocycles. The predicted molar refractivity (Wildman–Crippen MR) is 70.7 cm³/mol. The third-order valence-corrected chi connectivity index (χ3v) is 2.62. The molecule has 0 aromatic heterocycles. The monoisotopic (exact) mass is 276 g/mol. The van der Waals surface area contributed by atoms with Crippen LogP contribution in [0.5, 0.6) is 5.75 Å². The second-order valence-corrected chi connectivity index (χ2v) is 4.09. The minimum atomic E-state index is -0.995. The Morgan fingerprint density at radius 2 is 1.74 bits per heavy atom. The van der Waals surface area contributed by atoms with Gasteiger partial charge >= 0.3 is 5.97 Å². The van der Waals surface area contributed by atoms with E-state index in [4.69, 9.17) is 16.7 Å². The molecule has 6 heteroatoms. The molecule has 0 fully saturated rings. The number of nitrogens with zero attached hydrogens (tertiary/aromatic N) is 2. The summed E-state index contributed by atoms with van der Waals surface area (Å²) >= 11 is 5.87. The highest BCUT2D eigenvalue weighted by molar-refractivity contribution is 6.33. The lowest BCUT2D eigenvalue weighted by Gasteiger charge is -1.98. The Kier molecular flexibility index (Phi) is 3.77. The molecule has 2 aromatic rings. The van der Waals surface area contributed by atoms with Crippen molar-refractivity contribution in [2.45, 2.75) is 0 Å². The maximum Gasteiger partial charge on any atom is 0.335 e. The van der Waals surface area contributed by atoms with Crippen molar-refractivity contribution < 1.29 is 15.0 Å². The van der Waals surface area contributed by atoms with Gasteiger partial charge in [-0.15, -0.1) is 5.11 Å². The van der Waals surface area contributed by atoms with E-state index in [1.165, 1.54) is 30.3 Å². The Morgan fingerprint density at radius 1 is 1.05 bits per heavy atom. The van der Waals surface area contributed by atoms with Crippen LogP contribution in [0, 0.1) is 0 Å². The molecule has 0 aliphatic rings. The fraction of sp³-hybridized carbons (Fsp3) is 0. The lowest BCUT2D eigenvalue weighted by molar-refractivity contribution is 0.0697. The maximum atomic E-state index is 10.7. The molecule has 5 nitrogen and oxygen atoms in total. The first kappa shape index (κ1) is 13.0.